The van der Waals surface area contributed by atoms with Crippen molar-refractivity contribution in [3.8, 4) is 10.7 Å². The van der Waals surface area contributed by atoms with E-state index in [0.717, 1.165) is 38.8 Å². The van der Waals surface area contributed by atoms with Gasteiger partial charge in [0.2, 0.25) is 16.0 Å². The fourth-order valence-electron chi connectivity index (χ4n) is 4.73. The molecular formula is C25H24N6O2S2. The summed E-state index contributed by atoms with van der Waals surface area (Å²) in [5, 5.41) is 12.0. The van der Waals surface area contributed by atoms with Gasteiger partial charge in [-0.15, -0.1) is 21.5 Å². The topological polar surface area (TPSA) is 83.7 Å². The van der Waals surface area contributed by atoms with Gasteiger partial charge in [0.25, 0.3) is 0 Å². The van der Waals surface area contributed by atoms with Crippen LogP contribution in [0.25, 0.3) is 27.3 Å². The van der Waals surface area contributed by atoms with Crippen LogP contribution in [0.3, 0.4) is 0 Å². The van der Waals surface area contributed by atoms with Crippen molar-refractivity contribution in [3.63, 3.8) is 0 Å². The Balaban J connectivity index is 1.42. The van der Waals surface area contributed by atoms with Gasteiger partial charge in [-0.25, -0.2) is 17.8 Å². The summed E-state index contributed by atoms with van der Waals surface area (Å²) in [5.41, 5.74) is 2.51. The second-order valence-electron chi connectivity index (χ2n) is 8.82. The first kappa shape index (κ1) is 22.1. The molecule has 0 bridgehead atoms. The molecule has 8 nitrogen and oxygen atoms in total. The molecule has 0 amide bonds. The van der Waals surface area contributed by atoms with Crippen molar-refractivity contribution in [3.05, 3.63) is 71.6 Å². The first-order chi connectivity index (χ1) is 16.9. The second-order valence-corrected chi connectivity index (χ2v) is 11.7. The normalized spacial score (nSPS) is 17.4. The third-order valence-electron chi connectivity index (χ3n) is 6.42. The molecule has 1 atom stereocenters. The number of piperazine rings is 1. The molecule has 1 saturated heterocycles. The largest absolute Gasteiger partial charge is 0.339 e. The summed E-state index contributed by atoms with van der Waals surface area (Å²) in [7, 11) is -3.59. The van der Waals surface area contributed by atoms with Crippen LogP contribution in [0.4, 0.5) is 5.95 Å². The molecule has 0 N–H and O–H groups in total. The number of rotatable bonds is 4. The summed E-state index contributed by atoms with van der Waals surface area (Å²) in [6.07, 6.45) is 0. The molecule has 0 spiro atoms. The predicted octanol–water partition coefficient (Wildman–Crippen LogP) is 4.21. The average Bonchev–Trinajstić information content (AvgIpc) is 3.53. The van der Waals surface area contributed by atoms with Gasteiger partial charge in [0, 0.05) is 31.1 Å². The number of aromatic nitrogens is 4. The maximum Gasteiger partial charge on any atom is 0.243 e. The van der Waals surface area contributed by atoms with Crippen molar-refractivity contribution in [2.45, 2.75) is 24.8 Å². The minimum atomic E-state index is -3.59. The van der Waals surface area contributed by atoms with Crippen molar-refractivity contribution in [1.82, 2.24) is 23.9 Å². The summed E-state index contributed by atoms with van der Waals surface area (Å²) in [5.74, 6) is 1.47. The standard InChI is InChI=1S/C25H24N6O2S2/c1-17-7-5-8-19(15-17)35(32,33)30-13-12-29(16-18(30)2)25-26-21-10-4-3-9-20(21)23-27-28-24(31(23)25)22-11-6-14-34-22/h3-11,14-15,18H,12-13,16H2,1-2H3/t18-/m1/s1. The number of fused-ring (bicyclic) bond motifs is 3. The predicted molar refractivity (Wildman–Crippen MR) is 138 cm³/mol. The third-order valence-corrected chi connectivity index (χ3v) is 9.29. The number of benzene rings is 2. The van der Waals surface area contributed by atoms with Crippen molar-refractivity contribution >= 4 is 43.9 Å². The van der Waals surface area contributed by atoms with E-state index in [-0.39, 0.29) is 6.04 Å². The highest BCUT2D eigenvalue weighted by atomic mass is 32.2. The zero-order chi connectivity index (χ0) is 24.2. The molecule has 1 fully saturated rings. The molecule has 2 aromatic carbocycles. The molecule has 4 heterocycles. The van der Waals surface area contributed by atoms with E-state index in [0.29, 0.717) is 24.5 Å². The number of hydrogen-bond acceptors (Lipinski definition) is 7. The van der Waals surface area contributed by atoms with Crippen molar-refractivity contribution in [1.29, 1.82) is 0 Å². The zero-order valence-corrected chi connectivity index (χ0v) is 21.0. The Kier molecular flexibility index (Phi) is 5.32. The number of sulfonamides is 1. The van der Waals surface area contributed by atoms with Crippen LogP contribution in [0.1, 0.15) is 12.5 Å². The Morgan fingerprint density at radius 2 is 1.86 bits per heavy atom. The number of anilines is 1. The maximum atomic E-state index is 13.4. The summed E-state index contributed by atoms with van der Waals surface area (Å²) in [6.45, 7) is 5.24. The zero-order valence-electron chi connectivity index (χ0n) is 19.4. The van der Waals surface area contributed by atoms with Crippen LogP contribution < -0.4 is 4.90 Å². The molecule has 35 heavy (non-hydrogen) atoms. The Morgan fingerprint density at radius 3 is 2.63 bits per heavy atom. The lowest BCUT2D eigenvalue weighted by Crippen LogP contribution is -2.54. The highest BCUT2D eigenvalue weighted by Gasteiger charge is 2.35. The van der Waals surface area contributed by atoms with Gasteiger partial charge < -0.3 is 4.90 Å². The second kappa shape index (κ2) is 8.40. The van der Waals surface area contributed by atoms with E-state index in [4.69, 9.17) is 4.98 Å². The third kappa shape index (κ3) is 3.69. The smallest absolute Gasteiger partial charge is 0.243 e. The van der Waals surface area contributed by atoms with E-state index >= 15 is 0 Å². The molecule has 3 aromatic heterocycles. The molecular weight excluding hydrogens is 480 g/mol. The van der Waals surface area contributed by atoms with Crippen LogP contribution in [0.2, 0.25) is 0 Å². The van der Waals surface area contributed by atoms with Gasteiger partial charge in [0.15, 0.2) is 11.5 Å². The number of thiophene rings is 1. The van der Waals surface area contributed by atoms with E-state index < -0.39 is 10.0 Å². The molecule has 6 rings (SSSR count). The van der Waals surface area contributed by atoms with Crippen LogP contribution in [0.15, 0.2) is 70.9 Å². The lowest BCUT2D eigenvalue weighted by Gasteiger charge is -2.39. The molecule has 0 unspecified atom stereocenters. The van der Waals surface area contributed by atoms with Gasteiger partial charge in [-0.1, -0.05) is 30.3 Å². The average molecular weight is 505 g/mol. The number of para-hydroxylation sites is 1. The molecule has 0 saturated carbocycles. The Bertz CT molecular complexity index is 1650. The van der Waals surface area contributed by atoms with Crippen molar-refractivity contribution < 1.29 is 8.42 Å². The first-order valence-corrected chi connectivity index (χ1v) is 13.8. The van der Waals surface area contributed by atoms with Crippen LogP contribution >= 0.6 is 11.3 Å². The van der Waals surface area contributed by atoms with E-state index in [1.807, 2.05) is 66.1 Å². The maximum absolute atomic E-state index is 13.4. The monoisotopic (exact) mass is 504 g/mol. The quantitative estimate of drug-likeness (QED) is 0.365. The van der Waals surface area contributed by atoms with Crippen molar-refractivity contribution in [2.75, 3.05) is 24.5 Å². The summed E-state index contributed by atoms with van der Waals surface area (Å²) < 4.78 is 30.4. The Labute approximate surface area is 207 Å². The number of aryl methyl sites for hydroxylation is 1. The highest BCUT2D eigenvalue weighted by Crippen LogP contribution is 2.32. The van der Waals surface area contributed by atoms with Gasteiger partial charge in [-0.2, -0.15) is 4.31 Å². The van der Waals surface area contributed by atoms with E-state index in [9.17, 15) is 8.42 Å². The number of hydrogen-bond donors (Lipinski definition) is 0. The number of nitrogens with zero attached hydrogens (tertiary/aromatic N) is 6. The molecule has 10 heteroatoms. The van der Waals surface area contributed by atoms with E-state index in [2.05, 4.69) is 15.1 Å². The molecule has 1 aliphatic rings. The van der Waals surface area contributed by atoms with Gasteiger partial charge in [0.1, 0.15) is 0 Å². The molecule has 0 radical (unpaired) electrons. The Morgan fingerprint density at radius 1 is 1.00 bits per heavy atom. The van der Waals surface area contributed by atoms with E-state index in [1.54, 1.807) is 33.8 Å². The highest BCUT2D eigenvalue weighted by molar-refractivity contribution is 7.89. The molecule has 5 aromatic rings. The van der Waals surface area contributed by atoms with Gasteiger partial charge in [-0.3, -0.25) is 0 Å². The summed E-state index contributed by atoms with van der Waals surface area (Å²) in [6, 6.07) is 18.8. The van der Waals surface area contributed by atoms with E-state index in [1.165, 1.54) is 0 Å². The lowest BCUT2D eigenvalue weighted by molar-refractivity contribution is 0.304. The lowest BCUT2D eigenvalue weighted by atomic mass is 10.2. The van der Waals surface area contributed by atoms with Crippen LogP contribution in [-0.4, -0.2) is 58.0 Å². The summed E-state index contributed by atoms with van der Waals surface area (Å²) in [4.78, 5) is 8.49. The van der Waals surface area contributed by atoms with Crippen LogP contribution in [0.5, 0.6) is 0 Å². The SMILES string of the molecule is Cc1cccc(S(=O)(=O)N2CCN(c3nc4ccccc4c4nnc(-c5cccs5)n34)C[C@H]2C)c1. The molecule has 1 aliphatic heterocycles. The van der Waals surface area contributed by atoms with Crippen molar-refractivity contribution in [2.24, 2.45) is 0 Å². The van der Waals surface area contributed by atoms with Gasteiger partial charge in [0.05, 0.1) is 15.3 Å². The fourth-order valence-corrected chi connectivity index (χ4v) is 7.15. The van der Waals surface area contributed by atoms with Crippen LogP contribution in [0, 0.1) is 6.92 Å². The minimum Gasteiger partial charge on any atom is -0.339 e. The minimum absolute atomic E-state index is 0.237. The van der Waals surface area contributed by atoms with Gasteiger partial charge in [-0.05, 0) is 55.1 Å². The summed E-state index contributed by atoms with van der Waals surface area (Å²) >= 11 is 1.60. The Hall–Kier alpha value is -3.34. The van der Waals surface area contributed by atoms with Crippen LogP contribution in [-0.2, 0) is 10.0 Å². The molecule has 178 valence electrons. The molecule has 0 aliphatic carbocycles. The first-order valence-electron chi connectivity index (χ1n) is 11.4. The fraction of sp³-hybridized carbons (Fsp3) is 0.240. The van der Waals surface area contributed by atoms with Gasteiger partial charge >= 0.3 is 0 Å².